The molecule has 5 aliphatic heterocycles. The Morgan fingerprint density at radius 1 is 0.909 bits per heavy atom. The van der Waals surface area contributed by atoms with Gasteiger partial charge in [0.05, 0.1) is 28.8 Å². The quantitative estimate of drug-likeness (QED) is 0.244. The monoisotopic (exact) mass is 760 g/mol. The van der Waals surface area contributed by atoms with Gasteiger partial charge in [-0.1, -0.05) is 17.7 Å². The van der Waals surface area contributed by atoms with E-state index in [9.17, 15) is 24.0 Å². The predicted molar refractivity (Wildman–Crippen MR) is 203 cm³/mol. The molecular weight excluding hydrogens is 720 g/mol. The van der Waals surface area contributed by atoms with Crippen molar-refractivity contribution in [3.63, 3.8) is 0 Å². The number of piperidine rings is 2. The molecule has 1 aliphatic carbocycles. The van der Waals surface area contributed by atoms with Gasteiger partial charge in [-0.2, -0.15) is 0 Å². The number of nitrogens with one attached hydrogen (secondary N) is 1. The van der Waals surface area contributed by atoms with Crippen LogP contribution in [0.3, 0.4) is 0 Å². The van der Waals surface area contributed by atoms with Crippen LogP contribution in [0.5, 0.6) is 5.75 Å². The first-order valence-electron chi connectivity index (χ1n) is 19.1. The molecular formula is C42H41ClN6O6. The molecule has 1 spiro atoms. The van der Waals surface area contributed by atoms with Gasteiger partial charge >= 0.3 is 0 Å². The number of rotatable bonds is 7. The second-order valence-electron chi connectivity index (χ2n) is 16.1. The van der Waals surface area contributed by atoms with E-state index in [4.69, 9.17) is 22.9 Å². The van der Waals surface area contributed by atoms with Crippen LogP contribution in [0.15, 0.2) is 54.6 Å². The number of hydrogen-bond donors (Lipinski definition) is 1. The Balaban J connectivity index is 0.734. The number of anilines is 1. The summed E-state index contributed by atoms with van der Waals surface area (Å²) < 4.78 is 6.20. The number of nitrogens with zero attached hydrogens (tertiary/aromatic N) is 5. The molecule has 0 aromatic heterocycles. The third-order valence-corrected chi connectivity index (χ3v) is 12.8. The van der Waals surface area contributed by atoms with Crippen molar-refractivity contribution in [2.24, 2.45) is 11.3 Å². The van der Waals surface area contributed by atoms with Crippen molar-refractivity contribution < 1.29 is 28.7 Å². The van der Waals surface area contributed by atoms with Crippen molar-refractivity contribution in [1.29, 1.82) is 0 Å². The molecule has 0 radical (unpaired) electrons. The van der Waals surface area contributed by atoms with Gasteiger partial charge in [0.2, 0.25) is 17.5 Å². The van der Waals surface area contributed by atoms with Crippen LogP contribution in [0.25, 0.3) is 4.85 Å². The van der Waals surface area contributed by atoms with Gasteiger partial charge in [0.15, 0.2) is 0 Å². The number of carbonyl (C=O) groups is 5. The smallest absolute Gasteiger partial charge is 0.262 e. The highest BCUT2D eigenvalue weighted by atomic mass is 35.5. The number of ether oxygens (including phenoxy) is 1. The van der Waals surface area contributed by atoms with Crippen LogP contribution in [0, 0.1) is 17.9 Å². The Bertz CT molecular complexity index is 2120. The molecule has 4 fully saturated rings. The first-order chi connectivity index (χ1) is 26.6. The van der Waals surface area contributed by atoms with Gasteiger partial charge in [-0.25, -0.2) is 4.85 Å². The summed E-state index contributed by atoms with van der Waals surface area (Å²) in [5.74, 6) is -0.647. The van der Waals surface area contributed by atoms with Crippen LogP contribution in [-0.2, 0) is 22.7 Å². The van der Waals surface area contributed by atoms with E-state index in [1.807, 2.05) is 29.2 Å². The van der Waals surface area contributed by atoms with Crippen molar-refractivity contribution >= 4 is 52.5 Å². The second-order valence-corrected chi connectivity index (χ2v) is 16.5. The average molecular weight is 761 g/mol. The number of benzene rings is 3. The highest BCUT2D eigenvalue weighted by molar-refractivity contribution is 6.33. The summed E-state index contributed by atoms with van der Waals surface area (Å²) in [4.78, 5) is 75.2. The topological polar surface area (TPSA) is 124 Å². The summed E-state index contributed by atoms with van der Waals surface area (Å²) in [6, 6.07) is 15.9. The minimum absolute atomic E-state index is 0.0685. The molecule has 3 aromatic carbocycles. The van der Waals surface area contributed by atoms with Crippen molar-refractivity contribution in [3.05, 3.63) is 98.9 Å². The van der Waals surface area contributed by atoms with E-state index in [-0.39, 0.29) is 36.2 Å². The molecule has 2 unspecified atom stereocenters. The molecule has 12 nitrogen and oxygen atoms in total. The molecule has 0 bridgehead atoms. The predicted octanol–water partition coefficient (Wildman–Crippen LogP) is 5.60. The first kappa shape index (κ1) is 35.5. The van der Waals surface area contributed by atoms with E-state index in [2.05, 4.69) is 32.1 Å². The molecule has 6 aliphatic rings. The van der Waals surface area contributed by atoms with Crippen LogP contribution in [0.1, 0.15) is 87.1 Å². The fourth-order valence-corrected chi connectivity index (χ4v) is 9.81. The Morgan fingerprint density at radius 3 is 2.24 bits per heavy atom. The maximum atomic E-state index is 13.4. The molecule has 13 heteroatoms. The van der Waals surface area contributed by atoms with Gasteiger partial charge < -0.3 is 14.5 Å². The summed E-state index contributed by atoms with van der Waals surface area (Å²) in [7, 11) is 0. The van der Waals surface area contributed by atoms with Crippen molar-refractivity contribution in [2.75, 3.05) is 37.6 Å². The van der Waals surface area contributed by atoms with Crippen LogP contribution in [0.4, 0.5) is 11.4 Å². The lowest BCUT2D eigenvalue weighted by Crippen LogP contribution is -2.57. The number of carbonyl (C=O) groups excluding carboxylic acids is 5. The fourth-order valence-electron chi connectivity index (χ4n) is 9.60. The maximum Gasteiger partial charge on any atom is 0.262 e. The standard InChI is InChI=1S/C42H41ClN6O6/c1-44-35-7-6-30(18-34(35)43)55-31-10-13-42(19-31)23-48(24-42)39(52)26-2-4-29(5-3-26)47-14-11-25(12-15-47)20-46-21-27-16-32-33(17-28(27)22-46)41(54)49(40(32)53)36-8-9-37(50)45-38(36)51/h2-7,16-18,25,31,36H,8-15,19-24H2,(H,45,50,51). The molecule has 3 saturated heterocycles. The van der Waals surface area contributed by atoms with E-state index >= 15 is 0 Å². The second kappa shape index (κ2) is 13.8. The van der Waals surface area contributed by atoms with Gasteiger partial charge in [-0.15, -0.1) is 0 Å². The lowest BCUT2D eigenvalue weighted by atomic mass is 9.78. The number of imide groups is 2. The van der Waals surface area contributed by atoms with Crippen LogP contribution >= 0.6 is 11.6 Å². The van der Waals surface area contributed by atoms with E-state index < -0.39 is 23.8 Å². The third-order valence-electron chi connectivity index (χ3n) is 12.5. The lowest BCUT2D eigenvalue weighted by molar-refractivity contribution is -0.136. The highest BCUT2D eigenvalue weighted by Gasteiger charge is 2.50. The minimum Gasteiger partial charge on any atom is -0.490 e. The minimum atomic E-state index is -0.960. The van der Waals surface area contributed by atoms with Gasteiger partial charge in [-0.3, -0.25) is 39.1 Å². The van der Waals surface area contributed by atoms with Crippen LogP contribution in [-0.4, -0.2) is 89.1 Å². The molecule has 1 N–H and O–H groups in total. The van der Waals surface area contributed by atoms with Gasteiger partial charge in [0, 0.05) is 68.9 Å². The molecule has 282 valence electrons. The van der Waals surface area contributed by atoms with E-state index in [1.165, 1.54) is 0 Å². The normalized spacial score (nSPS) is 23.5. The van der Waals surface area contributed by atoms with E-state index in [0.29, 0.717) is 52.2 Å². The lowest BCUT2D eigenvalue weighted by Gasteiger charge is -2.48. The summed E-state index contributed by atoms with van der Waals surface area (Å²) >= 11 is 6.19. The zero-order valence-corrected chi connectivity index (χ0v) is 31.1. The van der Waals surface area contributed by atoms with Crippen LogP contribution < -0.4 is 15.0 Å². The Morgan fingerprint density at radius 2 is 1.60 bits per heavy atom. The zero-order chi connectivity index (χ0) is 38.0. The van der Waals surface area contributed by atoms with Crippen molar-refractivity contribution in [1.82, 2.24) is 20.0 Å². The first-order valence-corrected chi connectivity index (χ1v) is 19.5. The number of hydrogen-bond acceptors (Lipinski definition) is 8. The highest BCUT2D eigenvalue weighted by Crippen LogP contribution is 2.47. The van der Waals surface area contributed by atoms with Gasteiger partial charge in [0.25, 0.3) is 17.7 Å². The maximum absolute atomic E-state index is 13.4. The number of fused-ring (bicyclic) bond motifs is 2. The average Bonchev–Trinajstić information content (AvgIpc) is 3.84. The summed E-state index contributed by atoms with van der Waals surface area (Å²) in [6.07, 6.45) is 5.25. The van der Waals surface area contributed by atoms with Crippen molar-refractivity contribution in [2.45, 2.75) is 70.2 Å². The molecule has 3 aromatic rings. The molecule has 1 saturated carbocycles. The number of halogens is 1. The van der Waals surface area contributed by atoms with Gasteiger partial charge in [-0.05, 0) is 104 Å². The third kappa shape index (κ3) is 6.53. The molecule has 2 atom stereocenters. The van der Waals surface area contributed by atoms with E-state index in [1.54, 1.807) is 18.2 Å². The molecule has 5 amide bonds. The zero-order valence-electron chi connectivity index (χ0n) is 30.4. The van der Waals surface area contributed by atoms with Crippen molar-refractivity contribution in [3.8, 4) is 5.75 Å². The Hall–Kier alpha value is -5.25. The summed E-state index contributed by atoms with van der Waals surface area (Å²) in [5.41, 5.74) is 5.11. The SMILES string of the molecule is [C-]#[N+]c1ccc(OC2CCC3(C2)CN(C(=O)c2ccc(N4CCC(CN5Cc6cc7c(cc6C5)C(=O)N(C5CCC(=O)NC5=O)C7=O)CC4)cc2)C3)cc1Cl. The Kier molecular flexibility index (Phi) is 8.89. The molecule has 55 heavy (non-hydrogen) atoms. The molecule has 9 rings (SSSR count). The summed E-state index contributed by atoms with van der Waals surface area (Å²) in [5, 5.41) is 2.65. The summed E-state index contributed by atoms with van der Waals surface area (Å²) in [6.45, 7) is 12.9. The number of amides is 5. The van der Waals surface area contributed by atoms with E-state index in [0.717, 1.165) is 86.5 Å². The molecule has 5 heterocycles. The largest absolute Gasteiger partial charge is 0.490 e. The number of likely N-dealkylation sites (tertiary alicyclic amines) is 1. The fraction of sp³-hybridized carbons (Fsp3) is 0.429. The van der Waals surface area contributed by atoms with Gasteiger partial charge in [0.1, 0.15) is 11.8 Å². The Labute approximate surface area is 324 Å². The van der Waals surface area contributed by atoms with Crippen LogP contribution in [0.2, 0.25) is 5.02 Å².